The predicted octanol–water partition coefficient (Wildman–Crippen LogP) is 2.19. The minimum absolute atomic E-state index is 0.0136. The molecule has 2 rings (SSSR count). The van der Waals surface area contributed by atoms with E-state index >= 15 is 0 Å². The molecule has 1 aromatic rings. The molecule has 0 radical (unpaired) electrons. The molecule has 1 aromatic heterocycles. The third-order valence-electron chi connectivity index (χ3n) is 3.20. The van der Waals surface area contributed by atoms with Crippen LogP contribution in [-0.4, -0.2) is 30.2 Å². The highest BCUT2D eigenvalue weighted by Gasteiger charge is 2.30. The molecule has 1 amide bonds. The second kappa shape index (κ2) is 8.81. The Balaban J connectivity index is 0.00000106. The first-order valence-corrected chi connectivity index (χ1v) is 6.81. The number of anilines is 1. The first kappa shape index (κ1) is 16.8. The van der Waals surface area contributed by atoms with Crippen LogP contribution in [0.5, 0.6) is 0 Å². The van der Waals surface area contributed by atoms with Gasteiger partial charge in [0.05, 0.1) is 0 Å². The lowest BCUT2D eigenvalue weighted by atomic mass is 10.1. The summed E-state index contributed by atoms with van der Waals surface area (Å²) in [6, 6.07) is 5.43. The van der Waals surface area contributed by atoms with Crippen molar-refractivity contribution < 1.29 is 4.79 Å². The summed E-state index contributed by atoms with van der Waals surface area (Å²) in [5.74, 6) is 0.484. The molecule has 1 aliphatic carbocycles. The average molecular weight is 286 g/mol. The highest BCUT2D eigenvalue weighted by Crippen LogP contribution is 2.29. The van der Waals surface area contributed by atoms with E-state index in [2.05, 4.69) is 28.5 Å². The molecule has 5 heteroatoms. The molecule has 5 nitrogen and oxygen atoms in total. The van der Waals surface area contributed by atoms with Crippen LogP contribution in [0.3, 0.4) is 0 Å². The van der Waals surface area contributed by atoms with Gasteiger partial charge in [-0.2, -0.15) is 0 Å². The molecular weight excluding hydrogens is 264 g/mol. The highest BCUT2D eigenvalue weighted by atomic mass is 16.1. The zero-order chi connectivity index (χ0) is 15.7. The van der Waals surface area contributed by atoms with Gasteiger partial charge in [0, 0.05) is 37.8 Å². The van der Waals surface area contributed by atoms with Crippen LogP contribution in [0.25, 0.3) is 0 Å². The van der Waals surface area contributed by atoms with E-state index in [0.29, 0.717) is 25.2 Å². The van der Waals surface area contributed by atoms with Crippen LogP contribution in [0, 0.1) is 5.92 Å². The first-order chi connectivity index (χ1) is 10.2. The van der Waals surface area contributed by atoms with Gasteiger partial charge in [0.2, 0.25) is 5.91 Å². The summed E-state index contributed by atoms with van der Waals surface area (Å²) in [6.45, 7) is 6.48. The molecule has 21 heavy (non-hydrogen) atoms. The number of amides is 1. The van der Waals surface area contributed by atoms with Gasteiger partial charge in [-0.05, 0) is 24.1 Å². The molecule has 0 bridgehead atoms. The number of nitrogens with zero attached hydrogens (tertiary/aromatic N) is 2. The van der Waals surface area contributed by atoms with Crippen molar-refractivity contribution in [2.45, 2.75) is 12.8 Å². The summed E-state index contributed by atoms with van der Waals surface area (Å²) in [6.07, 6.45) is 4.96. The molecule has 1 aliphatic rings. The fraction of sp³-hybridized carbons (Fsp3) is 0.312. The summed E-state index contributed by atoms with van der Waals surface area (Å²) in [5, 5.41) is 2.83. The summed E-state index contributed by atoms with van der Waals surface area (Å²) < 4.78 is 0. The minimum Gasteiger partial charge on any atom is -0.327 e. The van der Waals surface area contributed by atoms with Crippen molar-refractivity contribution in [1.82, 2.24) is 4.98 Å². The molecule has 1 heterocycles. The van der Waals surface area contributed by atoms with E-state index in [0.717, 1.165) is 11.3 Å². The van der Waals surface area contributed by atoms with Crippen LogP contribution in [-0.2, 0) is 4.79 Å². The van der Waals surface area contributed by atoms with E-state index in [-0.39, 0.29) is 11.8 Å². The topological polar surface area (TPSA) is 80.4 Å². The number of hydrogen-bond acceptors (Lipinski definition) is 4. The van der Waals surface area contributed by atoms with E-state index in [1.165, 1.54) is 0 Å². The van der Waals surface area contributed by atoms with Gasteiger partial charge < -0.3 is 11.1 Å². The van der Waals surface area contributed by atoms with Crippen molar-refractivity contribution in [3.63, 3.8) is 0 Å². The number of nitrogens with two attached hydrogens (primary N) is 1. The molecule has 0 aromatic carbocycles. The normalized spacial score (nSPS) is 21.0. The quantitative estimate of drug-likeness (QED) is 0.836. The number of carbonyl (C=O) groups excluding carboxylic acids is 1. The van der Waals surface area contributed by atoms with Crippen molar-refractivity contribution >= 4 is 17.4 Å². The maximum Gasteiger partial charge on any atom is 0.229 e. The van der Waals surface area contributed by atoms with Crippen LogP contribution in [0.4, 0.5) is 5.82 Å². The Labute approximate surface area is 125 Å². The van der Waals surface area contributed by atoms with Gasteiger partial charge in [-0.3, -0.25) is 9.79 Å². The number of carbonyl (C=O) groups is 1. The van der Waals surface area contributed by atoms with Gasteiger partial charge in [-0.25, -0.2) is 4.98 Å². The Bertz CT molecular complexity index is 522. The summed E-state index contributed by atoms with van der Waals surface area (Å²) >= 11 is 0. The van der Waals surface area contributed by atoms with Crippen molar-refractivity contribution in [3.05, 3.63) is 49.2 Å². The van der Waals surface area contributed by atoms with Crippen LogP contribution in [0.1, 0.15) is 12.8 Å². The van der Waals surface area contributed by atoms with Gasteiger partial charge in [0.15, 0.2) is 0 Å². The number of hydrogen-bond donors (Lipinski definition) is 2. The van der Waals surface area contributed by atoms with E-state index in [1.54, 1.807) is 19.3 Å². The van der Waals surface area contributed by atoms with Crippen molar-refractivity contribution in [3.8, 4) is 0 Å². The van der Waals surface area contributed by atoms with E-state index in [9.17, 15) is 4.79 Å². The molecule has 1 fully saturated rings. The minimum atomic E-state index is -0.0847. The van der Waals surface area contributed by atoms with Crippen molar-refractivity contribution in [1.29, 1.82) is 0 Å². The predicted molar refractivity (Wildman–Crippen MR) is 87.3 cm³/mol. The lowest BCUT2D eigenvalue weighted by Crippen LogP contribution is -2.21. The van der Waals surface area contributed by atoms with Crippen LogP contribution in [0.15, 0.2) is 54.2 Å². The van der Waals surface area contributed by atoms with Crippen LogP contribution < -0.4 is 11.1 Å². The lowest BCUT2D eigenvalue weighted by molar-refractivity contribution is -0.119. The van der Waals surface area contributed by atoms with E-state index in [1.807, 2.05) is 18.2 Å². The summed E-state index contributed by atoms with van der Waals surface area (Å²) in [7, 11) is 1.75. The van der Waals surface area contributed by atoms with Gasteiger partial charge in [-0.15, -0.1) is 13.2 Å². The Morgan fingerprint density at radius 1 is 1.52 bits per heavy atom. The average Bonchev–Trinajstić information content (AvgIpc) is 2.94. The Morgan fingerprint density at radius 2 is 2.29 bits per heavy atom. The Kier molecular flexibility index (Phi) is 7.04. The summed E-state index contributed by atoms with van der Waals surface area (Å²) in [5.41, 5.74) is 7.60. The molecule has 1 atom stereocenters. The van der Waals surface area contributed by atoms with E-state index in [4.69, 9.17) is 5.73 Å². The monoisotopic (exact) mass is 286 g/mol. The molecule has 0 saturated heterocycles. The lowest BCUT2D eigenvalue weighted by Gasteiger charge is -2.08. The molecule has 112 valence electrons. The molecular formula is C16H22N4O. The SMILES string of the molecule is C=C.CN=C1CC(C(=O)Nc2ccccn2)C/C1=C/CN. The van der Waals surface area contributed by atoms with Gasteiger partial charge in [0.1, 0.15) is 5.82 Å². The second-order valence-electron chi connectivity index (χ2n) is 4.44. The molecule has 1 unspecified atom stereocenters. The third-order valence-corrected chi connectivity index (χ3v) is 3.20. The second-order valence-corrected chi connectivity index (χ2v) is 4.44. The van der Waals surface area contributed by atoms with Gasteiger partial charge in [-0.1, -0.05) is 12.1 Å². The summed E-state index contributed by atoms with van der Waals surface area (Å²) in [4.78, 5) is 20.5. The first-order valence-electron chi connectivity index (χ1n) is 6.81. The Morgan fingerprint density at radius 3 is 2.86 bits per heavy atom. The smallest absolute Gasteiger partial charge is 0.229 e. The standard InChI is InChI=1S/C14H18N4O.C2H4/c1-16-12-9-11(8-10(12)5-6-15)14(19)18-13-4-2-3-7-17-13;1-2/h2-5,7,11H,6,8-9,15H2,1H3,(H,17,18,19);1-2H2/b10-5-,16-12?;. The zero-order valence-corrected chi connectivity index (χ0v) is 12.4. The fourth-order valence-corrected chi connectivity index (χ4v) is 2.25. The number of aliphatic imine (C=N–C) groups is 1. The maximum absolute atomic E-state index is 12.2. The third kappa shape index (κ3) is 4.65. The number of pyridine rings is 1. The molecule has 1 saturated carbocycles. The zero-order valence-electron chi connectivity index (χ0n) is 12.4. The van der Waals surface area contributed by atoms with Gasteiger partial charge in [0.25, 0.3) is 0 Å². The molecule has 3 N–H and O–H groups in total. The van der Waals surface area contributed by atoms with Crippen molar-refractivity contribution in [2.24, 2.45) is 16.6 Å². The maximum atomic E-state index is 12.2. The van der Waals surface area contributed by atoms with E-state index < -0.39 is 0 Å². The largest absolute Gasteiger partial charge is 0.327 e. The van der Waals surface area contributed by atoms with Crippen LogP contribution in [0.2, 0.25) is 0 Å². The number of allylic oxidation sites excluding steroid dienone is 1. The molecule has 0 spiro atoms. The highest BCUT2D eigenvalue weighted by molar-refractivity contribution is 6.07. The number of aromatic nitrogens is 1. The fourth-order valence-electron chi connectivity index (χ4n) is 2.25. The number of rotatable bonds is 3. The molecule has 0 aliphatic heterocycles. The van der Waals surface area contributed by atoms with Crippen LogP contribution >= 0.6 is 0 Å². The van der Waals surface area contributed by atoms with Gasteiger partial charge >= 0.3 is 0 Å². The number of nitrogens with one attached hydrogen (secondary N) is 1. The Hall–Kier alpha value is -2.27. The van der Waals surface area contributed by atoms with Crippen molar-refractivity contribution in [2.75, 3.05) is 18.9 Å².